The van der Waals surface area contributed by atoms with Crippen molar-refractivity contribution in [1.82, 2.24) is 9.88 Å². The first-order valence-electron chi connectivity index (χ1n) is 6.37. The third-order valence-electron chi connectivity index (χ3n) is 3.46. The van der Waals surface area contributed by atoms with Gasteiger partial charge in [-0.15, -0.1) is 0 Å². The average Bonchev–Trinajstić information content (AvgIpc) is 2.39. The molecular weight excluding hydrogens is 212 g/mol. The maximum atomic E-state index is 5.62. The quantitative estimate of drug-likeness (QED) is 0.847. The van der Waals surface area contributed by atoms with Gasteiger partial charge in [0.15, 0.2) is 0 Å². The Kier molecular flexibility index (Phi) is 3.97. The molecule has 0 amide bonds. The maximum absolute atomic E-state index is 5.62. The molecule has 0 bridgehead atoms. The lowest BCUT2D eigenvalue weighted by Crippen LogP contribution is -2.46. The SMILES string of the molecule is CCN1CCN(c2ncc(CN)cc2C)CC1. The Morgan fingerprint density at radius 1 is 1.29 bits per heavy atom. The Morgan fingerprint density at radius 3 is 2.53 bits per heavy atom. The van der Waals surface area contributed by atoms with Crippen molar-refractivity contribution < 1.29 is 0 Å². The highest BCUT2D eigenvalue weighted by Gasteiger charge is 2.18. The minimum Gasteiger partial charge on any atom is -0.354 e. The molecule has 1 saturated heterocycles. The van der Waals surface area contributed by atoms with Crippen LogP contribution in [0, 0.1) is 6.92 Å². The fourth-order valence-electron chi connectivity index (χ4n) is 2.34. The van der Waals surface area contributed by atoms with Crippen LogP contribution in [0.25, 0.3) is 0 Å². The molecule has 4 heteroatoms. The zero-order valence-electron chi connectivity index (χ0n) is 10.8. The van der Waals surface area contributed by atoms with Gasteiger partial charge in [0.2, 0.25) is 0 Å². The summed E-state index contributed by atoms with van der Waals surface area (Å²) in [6.45, 7) is 10.5. The van der Waals surface area contributed by atoms with Gasteiger partial charge in [-0.3, -0.25) is 0 Å². The maximum Gasteiger partial charge on any atom is 0.131 e. The molecular formula is C13H22N4. The largest absolute Gasteiger partial charge is 0.354 e. The highest BCUT2D eigenvalue weighted by Crippen LogP contribution is 2.19. The minimum absolute atomic E-state index is 0.567. The van der Waals surface area contributed by atoms with Crippen LogP contribution >= 0.6 is 0 Å². The van der Waals surface area contributed by atoms with Gasteiger partial charge in [0.05, 0.1) is 0 Å². The van der Waals surface area contributed by atoms with Crippen molar-refractivity contribution in [1.29, 1.82) is 0 Å². The standard InChI is InChI=1S/C13H22N4/c1-3-16-4-6-17(7-5-16)13-11(2)8-12(9-14)10-15-13/h8,10H,3-7,9,14H2,1-2H3. The predicted molar refractivity (Wildman–Crippen MR) is 71.2 cm³/mol. The van der Waals surface area contributed by atoms with E-state index in [0.717, 1.165) is 44.1 Å². The Bertz CT molecular complexity index is 370. The Morgan fingerprint density at radius 2 is 2.00 bits per heavy atom. The van der Waals surface area contributed by atoms with Crippen molar-refractivity contribution in [3.63, 3.8) is 0 Å². The molecule has 0 saturated carbocycles. The topological polar surface area (TPSA) is 45.4 Å². The molecule has 0 aromatic carbocycles. The third-order valence-corrected chi connectivity index (χ3v) is 3.46. The van der Waals surface area contributed by atoms with E-state index in [0.29, 0.717) is 6.54 Å². The normalized spacial score (nSPS) is 17.5. The van der Waals surface area contributed by atoms with Gasteiger partial charge in [0.25, 0.3) is 0 Å². The van der Waals surface area contributed by atoms with Gasteiger partial charge >= 0.3 is 0 Å². The first-order valence-corrected chi connectivity index (χ1v) is 6.37. The number of hydrogen-bond acceptors (Lipinski definition) is 4. The Hall–Kier alpha value is -1.13. The lowest BCUT2D eigenvalue weighted by atomic mass is 10.2. The van der Waals surface area contributed by atoms with Crippen molar-refractivity contribution in [2.75, 3.05) is 37.6 Å². The first kappa shape index (κ1) is 12.3. The molecule has 2 heterocycles. The summed E-state index contributed by atoms with van der Waals surface area (Å²) in [6.07, 6.45) is 1.90. The van der Waals surface area contributed by atoms with Gasteiger partial charge < -0.3 is 15.5 Å². The number of hydrogen-bond donors (Lipinski definition) is 1. The van der Waals surface area contributed by atoms with Crippen LogP contribution in [0.2, 0.25) is 0 Å². The van der Waals surface area contributed by atoms with E-state index in [1.165, 1.54) is 5.56 Å². The average molecular weight is 234 g/mol. The van der Waals surface area contributed by atoms with E-state index in [-0.39, 0.29) is 0 Å². The van der Waals surface area contributed by atoms with Crippen molar-refractivity contribution in [2.24, 2.45) is 5.73 Å². The Balaban J connectivity index is 2.08. The van der Waals surface area contributed by atoms with Crippen molar-refractivity contribution >= 4 is 5.82 Å². The number of aromatic nitrogens is 1. The summed E-state index contributed by atoms with van der Waals surface area (Å²) in [5.74, 6) is 1.12. The number of anilines is 1. The van der Waals surface area contributed by atoms with Crippen LogP contribution < -0.4 is 10.6 Å². The van der Waals surface area contributed by atoms with Gasteiger partial charge in [-0.1, -0.05) is 6.92 Å². The van der Waals surface area contributed by atoms with E-state index in [2.05, 4.69) is 34.7 Å². The molecule has 0 spiro atoms. The first-order chi connectivity index (χ1) is 8.24. The van der Waals surface area contributed by atoms with E-state index in [1.54, 1.807) is 0 Å². The zero-order valence-corrected chi connectivity index (χ0v) is 10.8. The number of nitrogens with two attached hydrogens (primary N) is 1. The number of pyridine rings is 1. The summed E-state index contributed by atoms with van der Waals surface area (Å²) in [5, 5.41) is 0. The molecule has 2 rings (SSSR count). The van der Waals surface area contributed by atoms with Crippen LogP contribution in [0.1, 0.15) is 18.1 Å². The Labute approximate surface area is 103 Å². The zero-order chi connectivity index (χ0) is 12.3. The second kappa shape index (κ2) is 5.47. The molecule has 0 atom stereocenters. The molecule has 1 fully saturated rings. The molecule has 0 radical (unpaired) electrons. The lowest BCUT2D eigenvalue weighted by Gasteiger charge is -2.35. The second-order valence-corrected chi connectivity index (χ2v) is 4.61. The fraction of sp³-hybridized carbons (Fsp3) is 0.615. The molecule has 2 N–H and O–H groups in total. The van der Waals surface area contributed by atoms with E-state index in [1.807, 2.05) is 6.20 Å². The fourth-order valence-corrected chi connectivity index (χ4v) is 2.34. The molecule has 1 aromatic heterocycles. The summed E-state index contributed by atoms with van der Waals surface area (Å²) >= 11 is 0. The smallest absolute Gasteiger partial charge is 0.131 e. The number of piperazine rings is 1. The van der Waals surface area contributed by atoms with Gasteiger partial charge in [0, 0.05) is 38.9 Å². The summed E-state index contributed by atoms with van der Waals surface area (Å²) in [4.78, 5) is 9.40. The molecule has 94 valence electrons. The minimum atomic E-state index is 0.567. The monoisotopic (exact) mass is 234 g/mol. The van der Waals surface area contributed by atoms with E-state index >= 15 is 0 Å². The summed E-state index contributed by atoms with van der Waals surface area (Å²) in [7, 11) is 0. The van der Waals surface area contributed by atoms with Gasteiger partial charge in [-0.2, -0.15) is 0 Å². The van der Waals surface area contributed by atoms with Crippen LogP contribution in [0.3, 0.4) is 0 Å². The molecule has 1 aliphatic rings. The van der Waals surface area contributed by atoms with E-state index in [4.69, 9.17) is 5.73 Å². The molecule has 0 aliphatic carbocycles. The van der Waals surface area contributed by atoms with Crippen molar-refractivity contribution in [3.8, 4) is 0 Å². The van der Waals surface area contributed by atoms with Gasteiger partial charge in [-0.05, 0) is 30.7 Å². The van der Waals surface area contributed by atoms with Crippen LogP contribution in [0.15, 0.2) is 12.3 Å². The van der Waals surface area contributed by atoms with Crippen LogP contribution in [0.4, 0.5) is 5.82 Å². The molecule has 0 unspecified atom stereocenters. The van der Waals surface area contributed by atoms with E-state index in [9.17, 15) is 0 Å². The second-order valence-electron chi connectivity index (χ2n) is 4.61. The number of likely N-dealkylation sites (N-methyl/N-ethyl adjacent to an activating group) is 1. The van der Waals surface area contributed by atoms with Gasteiger partial charge in [-0.25, -0.2) is 4.98 Å². The van der Waals surface area contributed by atoms with Crippen LogP contribution in [-0.4, -0.2) is 42.6 Å². The highest BCUT2D eigenvalue weighted by molar-refractivity contribution is 5.47. The highest BCUT2D eigenvalue weighted by atomic mass is 15.3. The summed E-state index contributed by atoms with van der Waals surface area (Å²) < 4.78 is 0. The van der Waals surface area contributed by atoms with Crippen molar-refractivity contribution in [2.45, 2.75) is 20.4 Å². The van der Waals surface area contributed by atoms with Crippen LogP contribution in [0.5, 0.6) is 0 Å². The van der Waals surface area contributed by atoms with Crippen LogP contribution in [-0.2, 0) is 6.54 Å². The predicted octanol–water partition coefficient (Wildman–Crippen LogP) is 0.991. The number of aryl methyl sites for hydroxylation is 1. The molecule has 4 nitrogen and oxygen atoms in total. The number of nitrogens with zero attached hydrogens (tertiary/aromatic N) is 3. The van der Waals surface area contributed by atoms with E-state index < -0.39 is 0 Å². The molecule has 17 heavy (non-hydrogen) atoms. The summed E-state index contributed by atoms with van der Waals surface area (Å²) in [5.41, 5.74) is 7.97. The molecule has 1 aromatic rings. The van der Waals surface area contributed by atoms with Gasteiger partial charge in [0.1, 0.15) is 5.82 Å². The molecule has 1 aliphatic heterocycles. The summed E-state index contributed by atoms with van der Waals surface area (Å²) in [6, 6.07) is 2.15. The van der Waals surface area contributed by atoms with Crippen molar-refractivity contribution in [3.05, 3.63) is 23.4 Å². The number of rotatable bonds is 3. The third kappa shape index (κ3) is 2.76. The lowest BCUT2D eigenvalue weighted by molar-refractivity contribution is 0.270.